The van der Waals surface area contributed by atoms with Crippen molar-refractivity contribution < 1.29 is 9.53 Å². The van der Waals surface area contributed by atoms with Crippen molar-refractivity contribution in [2.45, 2.75) is 51.2 Å². The highest BCUT2D eigenvalue weighted by molar-refractivity contribution is 6.00. The van der Waals surface area contributed by atoms with Crippen molar-refractivity contribution >= 4 is 5.78 Å². The number of ether oxygens (including phenoxy) is 1. The van der Waals surface area contributed by atoms with Gasteiger partial charge in [0.1, 0.15) is 12.4 Å². The Hall–Kier alpha value is -2.91. The first-order chi connectivity index (χ1) is 16.3. The van der Waals surface area contributed by atoms with Crippen LogP contribution < -0.4 is 4.74 Å². The average molecular weight is 440 g/mol. The predicted molar refractivity (Wildman–Crippen MR) is 133 cm³/mol. The number of piperidine rings is 1. The van der Waals surface area contributed by atoms with E-state index in [1.165, 1.54) is 24.8 Å². The number of ketones is 1. The number of aryl methyl sites for hydroxylation is 1. The zero-order valence-electron chi connectivity index (χ0n) is 19.3. The van der Waals surface area contributed by atoms with Crippen molar-refractivity contribution in [3.05, 3.63) is 101 Å². The maximum atomic E-state index is 13.3. The number of benzene rings is 3. The molecular formula is C30H33NO2. The van der Waals surface area contributed by atoms with E-state index >= 15 is 0 Å². The van der Waals surface area contributed by atoms with Gasteiger partial charge in [-0.3, -0.25) is 9.69 Å². The van der Waals surface area contributed by atoms with Crippen molar-refractivity contribution in [3.8, 4) is 5.75 Å². The lowest BCUT2D eigenvalue weighted by molar-refractivity contribution is 0.0856. The van der Waals surface area contributed by atoms with Crippen LogP contribution in [0.1, 0.15) is 65.2 Å². The first-order valence-corrected chi connectivity index (χ1v) is 12.4. The number of hydrogen-bond acceptors (Lipinski definition) is 3. The molecule has 33 heavy (non-hydrogen) atoms. The van der Waals surface area contributed by atoms with E-state index < -0.39 is 0 Å². The van der Waals surface area contributed by atoms with Crippen LogP contribution in [0.5, 0.6) is 5.75 Å². The highest BCUT2D eigenvalue weighted by atomic mass is 16.5. The van der Waals surface area contributed by atoms with Crippen LogP contribution in [-0.2, 0) is 13.0 Å². The van der Waals surface area contributed by atoms with Gasteiger partial charge in [0.05, 0.1) is 0 Å². The Bertz CT molecular complexity index is 1060. The van der Waals surface area contributed by atoms with Crippen molar-refractivity contribution in [2.75, 3.05) is 13.1 Å². The summed E-state index contributed by atoms with van der Waals surface area (Å²) in [4.78, 5) is 15.9. The third kappa shape index (κ3) is 5.20. The average Bonchev–Trinajstić information content (AvgIpc) is 2.88. The third-order valence-electron chi connectivity index (χ3n) is 7.29. The van der Waals surface area contributed by atoms with Gasteiger partial charge in [0.2, 0.25) is 0 Å². The van der Waals surface area contributed by atoms with E-state index in [1.807, 2.05) is 30.3 Å². The molecule has 1 aliphatic carbocycles. The number of hydrogen-bond donors (Lipinski definition) is 0. The molecule has 1 aliphatic heterocycles. The van der Waals surface area contributed by atoms with Gasteiger partial charge in [0, 0.05) is 17.5 Å². The highest BCUT2D eigenvalue weighted by Gasteiger charge is 2.30. The molecular weight excluding hydrogens is 406 g/mol. The van der Waals surface area contributed by atoms with Gasteiger partial charge < -0.3 is 4.74 Å². The fourth-order valence-electron chi connectivity index (χ4n) is 5.44. The van der Waals surface area contributed by atoms with Gasteiger partial charge in [-0.25, -0.2) is 0 Å². The number of nitrogens with zero attached hydrogens (tertiary/aromatic N) is 1. The van der Waals surface area contributed by atoms with E-state index in [2.05, 4.69) is 53.4 Å². The Morgan fingerprint density at radius 1 is 0.879 bits per heavy atom. The molecule has 0 radical (unpaired) electrons. The molecule has 2 unspecified atom stereocenters. The van der Waals surface area contributed by atoms with Crippen LogP contribution >= 0.6 is 0 Å². The second kappa shape index (κ2) is 10.4. The normalized spacial score (nSPS) is 20.9. The molecule has 3 nitrogen and oxygen atoms in total. The smallest absolute Gasteiger partial charge is 0.166 e. The topological polar surface area (TPSA) is 29.5 Å². The van der Waals surface area contributed by atoms with E-state index in [0.717, 1.165) is 54.8 Å². The zero-order valence-corrected chi connectivity index (χ0v) is 19.3. The maximum Gasteiger partial charge on any atom is 0.166 e. The molecule has 5 rings (SSSR count). The number of fused-ring (bicyclic) bond motifs is 1. The summed E-state index contributed by atoms with van der Waals surface area (Å²) >= 11 is 0. The Balaban J connectivity index is 1.20. The van der Waals surface area contributed by atoms with Crippen molar-refractivity contribution in [1.82, 2.24) is 4.90 Å². The molecule has 1 saturated heterocycles. The molecule has 0 spiro atoms. The SMILES string of the molecule is O=C1c2ccc(OCc3ccccc3)cc2CCC1CCN1CCCCC1c1ccccc1. The minimum absolute atomic E-state index is 0.131. The van der Waals surface area contributed by atoms with E-state index in [-0.39, 0.29) is 5.92 Å². The summed E-state index contributed by atoms with van der Waals surface area (Å²) in [6.07, 6.45) is 6.62. The van der Waals surface area contributed by atoms with E-state index in [4.69, 9.17) is 4.74 Å². The molecule has 1 fully saturated rings. The van der Waals surface area contributed by atoms with Crippen LogP contribution in [0.15, 0.2) is 78.9 Å². The molecule has 0 N–H and O–H groups in total. The number of Topliss-reactive ketones (excluding diaryl/α,β-unsaturated/α-hetero) is 1. The Kier molecular flexibility index (Phi) is 6.87. The Labute approximate surface area is 197 Å². The van der Waals surface area contributed by atoms with Gasteiger partial charge in [-0.05, 0) is 80.1 Å². The lowest BCUT2D eigenvalue weighted by atomic mass is 9.80. The largest absolute Gasteiger partial charge is 0.489 e. The van der Waals surface area contributed by atoms with Crippen molar-refractivity contribution in [2.24, 2.45) is 5.92 Å². The summed E-state index contributed by atoms with van der Waals surface area (Å²) in [6, 6.07) is 27.6. The Morgan fingerprint density at radius 3 is 2.48 bits per heavy atom. The summed E-state index contributed by atoms with van der Waals surface area (Å²) in [7, 11) is 0. The Morgan fingerprint density at radius 2 is 1.67 bits per heavy atom. The lowest BCUT2D eigenvalue weighted by Gasteiger charge is -2.37. The minimum Gasteiger partial charge on any atom is -0.489 e. The standard InChI is InChI=1S/C30H33NO2/c32-30-25(18-20-31-19-8-7-13-29(31)24-11-5-2-6-12-24)14-15-26-21-27(16-17-28(26)30)33-22-23-9-3-1-4-10-23/h1-6,9-12,16-17,21,25,29H,7-8,13-15,18-20,22H2. The highest BCUT2D eigenvalue weighted by Crippen LogP contribution is 2.34. The van der Waals surface area contributed by atoms with Crippen molar-refractivity contribution in [3.63, 3.8) is 0 Å². The van der Waals surface area contributed by atoms with Crippen molar-refractivity contribution in [1.29, 1.82) is 0 Å². The fraction of sp³-hybridized carbons (Fsp3) is 0.367. The van der Waals surface area contributed by atoms with Gasteiger partial charge in [0.15, 0.2) is 5.78 Å². The zero-order chi connectivity index (χ0) is 22.5. The van der Waals surface area contributed by atoms with Gasteiger partial charge in [-0.15, -0.1) is 0 Å². The summed E-state index contributed by atoms with van der Waals surface area (Å²) < 4.78 is 5.98. The van der Waals surface area contributed by atoms with Crippen LogP contribution in [0.3, 0.4) is 0 Å². The monoisotopic (exact) mass is 439 g/mol. The summed E-state index contributed by atoms with van der Waals surface area (Å²) in [6.45, 7) is 2.69. The molecule has 1 heterocycles. The molecule has 0 aromatic heterocycles. The first-order valence-electron chi connectivity index (χ1n) is 12.4. The predicted octanol–water partition coefficient (Wildman–Crippen LogP) is 6.63. The number of rotatable bonds is 7. The number of carbonyl (C=O) groups is 1. The third-order valence-corrected chi connectivity index (χ3v) is 7.29. The van der Waals surface area contributed by atoms with Crippen LogP contribution in [0.4, 0.5) is 0 Å². The minimum atomic E-state index is 0.131. The van der Waals surface area contributed by atoms with Crippen LogP contribution in [0.2, 0.25) is 0 Å². The van der Waals surface area contributed by atoms with Gasteiger partial charge in [-0.2, -0.15) is 0 Å². The van der Waals surface area contributed by atoms with E-state index in [0.29, 0.717) is 18.4 Å². The lowest BCUT2D eigenvalue weighted by Crippen LogP contribution is -2.36. The molecule has 3 aromatic carbocycles. The van der Waals surface area contributed by atoms with Gasteiger partial charge >= 0.3 is 0 Å². The second-order valence-electron chi connectivity index (χ2n) is 9.44. The van der Waals surface area contributed by atoms with E-state index in [1.54, 1.807) is 0 Å². The van der Waals surface area contributed by atoms with Gasteiger partial charge in [-0.1, -0.05) is 67.1 Å². The second-order valence-corrected chi connectivity index (χ2v) is 9.44. The molecule has 170 valence electrons. The molecule has 0 bridgehead atoms. The number of carbonyl (C=O) groups excluding carboxylic acids is 1. The van der Waals surface area contributed by atoms with Crippen LogP contribution in [0.25, 0.3) is 0 Å². The van der Waals surface area contributed by atoms with E-state index in [9.17, 15) is 4.79 Å². The number of likely N-dealkylation sites (tertiary alicyclic amines) is 1. The summed E-state index contributed by atoms with van der Waals surface area (Å²) in [5, 5.41) is 0. The van der Waals surface area contributed by atoms with Crippen LogP contribution in [0, 0.1) is 5.92 Å². The molecule has 2 atom stereocenters. The summed E-state index contributed by atoms with van der Waals surface area (Å²) in [5.41, 5.74) is 4.61. The molecule has 3 aromatic rings. The van der Waals surface area contributed by atoms with Gasteiger partial charge in [0.25, 0.3) is 0 Å². The molecule has 2 aliphatic rings. The maximum absolute atomic E-state index is 13.3. The first kappa shape index (κ1) is 21.9. The molecule has 3 heteroatoms. The quantitative estimate of drug-likeness (QED) is 0.414. The van der Waals surface area contributed by atoms with Crippen LogP contribution in [-0.4, -0.2) is 23.8 Å². The summed E-state index contributed by atoms with van der Waals surface area (Å²) in [5.74, 6) is 1.30. The molecule has 0 saturated carbocycles. The molecule has 0 amide bonds. The fourth-order valence-corrected chi connectivity index (χ4v) is 5.44.